The van der Waals surface area contributed by atoms with Crippen molar-refractivity contribution < 1.29 is 0 Å². The van der Waals surface area contributed by atoms with E-state index in [1.807, 2.05) is 25.2 Å². The molecule has 0 aliphatic heterocycles. The topological polar surface area (TPSA) is 67.7 Å². The molecule has 0 saturated heterocycles. The Kier molecular flexibility index (Phi) is 4.11. The number of aryl methyl sites for hydroxylation is 1. The summed E-state index contributed by atoms with van der Waals surface area (Å²) in [6.07, 6.45) is 2.76. The minimum atomic E-state index is 0.574. The molecule has 0 unspecified atom stereocenters. The van der Waals surface area contributed by atoms with Crippen LogP contribution in [0.2, 0.25) is 0 Å². The number of nitrogens with one attached hydrogen (secondary N) is 2. The molecule has 6 heteroatoms. The molecule has 6 nitrogen and oxygen atoms in total. The maximum Gasteiger partial charge on any atom is 0.169 e. The van der Waals surface area contributed by atoms with E-state index in [-0.39, 0.29) is 0 Å². The van der Waals surface area contributed by atoms with Crippen molar-refractivity contribution >= 4 is 11.6 Å². The van der Waals surface area contributed by atoms with E-state index < -0.39 is 0 Å². The molecule has 2 aromatic heterocycles. The predicted octanol–water partition coefficient (Wildman–Crippen LogP) is 1.64. The Hall–Kier alpha value is -2.11. The highest BCUT2D eigenvalue weighted by Crippen LogP contribution is 2.09. The zero-order chi connectivity index (χ0) is 12.8. The Morgan fingerprint density at radius 1 is 1.22 bits per heavy atom. The smallest absolute Gasteiger partial charge is 0.169 e. The van der Waals surface area contributed by atoms with Crippen LogP contribution in [0.25, 0.3) is 0 Å². The van der Waals surface area contributed by atoms with E-state index in [2.05, 4.69) is 32.6 Å². The van der Waals surface area contributed by atoms with Crippen LogP contribution in [0.15, 0.2) is 24.5 Å². The Balaban J connectivity index is 1.92. The van der Waals surface area contributed by atoms with Crippen LogP contribution < -0.4 is 10.6 Å². The van der Waals surface area contributed by atoms with Gasteiger partial charge in [-0.2, -0.15) is 5.10 Å². The molecule has 0 amide bonds. The standard InChI is InChI=1S/C12H18N6/c1-3-7-13-10-5-4-6-11(16-10)14-8-12-15-9-18(2)17-12/h4-6,9H,3,7-8H2,1-2H3,(H2,13,14,16). The normalized spacial score (nSPS) is 10.3. The molecule has 18 heavy (non-hydrogen) atoms. The van der Waals surface area contributed by atoms with Crippen LogP contribution in [0.3, 0.4) is 0 Å². The Labute approximate surface area is 106 Å². The van der Waals surface area contributed by atoms with E-state index in [1.54, 1.807) is 11.0 Å². The summed E-state index contributed by atoms with van der Waals surface area (Å²) in [7, 11) is 1.85. The van der Waals surface area contributed by atoms with Gasteiger partial charge in [-0.05, 0) is 18.6 Å². The summed E-state index contributed by atoms with van der Waals surface area (Å²) in [6.45, 7) is 3.63. The van der Waals surface area contributed by atoms with Gasteiger partial charge in [0.1, 0.15) is 18.0 Å². The van der Waals surface area contributed by atoms with Gasteiger partial charge < -0.3 is 10.6 Å². The molecular formula is C12H18N6. The maximum atomic E-state index is 4.45. The minimum Gasteiger partial charge on any atom is -0.370 e. The van der Waals surface area contributed by atoms with Gasteiger partial charge in [0, 0.05) is 13.6 Å². The number of rotatable bonds is 6. The zero-order valence-corrected chi connectivity index (χ0v) is 10.7. The first-order chi connectivity index (χ1) is 8.78. The van der Waals surface area contributed by atoms with Crippen LogP contribution in [-0.4, -0.2) is 26.3 Å². The van der Waals surface area contributed by atoms with Gasteiger partial charge in [0.2, 0.25) is 0 Å². The van der Waals surface area contributed by atoms with Crippen LogP contribution in [0, 0.1) is 0 Å². The number of nitrogens with zero attached hydrogens (tertiary/aromatic N) is 4. The highest BCUT2D eigenvalue weighted by Gasteiger charge is 2.00. The summed E-state index contributed by atoms with van der Waals surface area (Å²) in [5.41, 5.74) is 0. The van der Waals surface area contributed by atoms with Crippen molar-refractivity contribution in [1.82, 2.24) is 19.7 Å². The lowest BCUT2D eigenvalue weighted by Gasteiger charge is -2.07. The van der Waals surface area contributed by atoms with Crippen molar-refractivity contribution in [3.05, 3.63) is 30.4 Å². The van der Waals surface area contributed by atoms with Gasteiger partial charge in [0.15, 0.2) is 5.82 Å². The van der Waals surface area contributed by atoms with Crippen molar-refractivity contribution in [2.45, 2.75) is 19.9 Å². The van der Waals surface area contributed by atoms with Crippen LogP contribution in [0.4, 0.5) is 11.6 Å². The van der Waals surface area contributed by atoms with Crippen LogP contribution in [0.1, 0.15) is 19.2 Å². The molecule has 0 aliphatic rings. The summed E-state index contributed by atoms with van der Waals surface area (Å²) >= 11 is 0. The average molecular weight is 246 g/mol. The quantitative estimate of drug-likeness (QED) is 0.811. The second-order valence-electron chi connectivity index (χ2n) is 4.02. The fourth-order valence-electron chi connectivity index (χ4n) is 1.52. The van der Waals surface area contributed by atoms with Crippen molar-refractivity contribution in [3.63, 3.8) is 0 Å². The van der Waals surface area contributed by atoms with Gasteiger partial charge in [0.05, 0.1) is 6.54 Å². The molecular weight excluding hydrogens is 228 g/mol. The molecule has 2 N–H and O–H groups in total. The molecule has 2 rings (SSSR count). The number of anilines is 2. The molecule has 0 aliphatic carbocycles. The van der Waals surface area contributed by atoms with E-state index in [1.165, 1.54) is 0 Å². The molecule has 0 radical (unpaired) electrons. The zero-order valence-electron chi connectivity index (χ0n) is 10.7. The number of pyridine rings is 1. The summed E-state index contributed by atoms with van der Waals surface area (Å²) in [5.74, 6) is 2.46. The fourth-order valence-corrected chi connectivity index (χ4v) is 1.52. The van der Waals surface area contributed by atoms with Crippen molar-refractivity contribution in [1.29, 1.82) is 0 Å². The fraction of sp³-hybridized carbons (Fsp3) is 0.417. The lowest BCUT2D eigenvalue weighted by Crippen LogP contribution is -2.06. The lowest BCUT2D eigenvalue weighted by molar-refractivity contribution is 0.747. The molecule has 96 valence electrons. The molecule has 0 bridgehead atoms. The third-order valence-corrected chi connectivity index (χ3v) is 2.38. The monoisotopic (exact) mass is 246 g/mol. The van der Waals surface area contributed by atoms with Crippen LogP contribution in [-0.2, 0) is 13.6 Å². The minimum absolute atomic E-state index is 0.574. The van der Waals surface area contributed by atoms with Crippen LogP contribution >= 0.6 is 0 Å². The van der Waals surface area contributed by atoms with Crippen molar-refractivity contribution in [2.75, 3.05) is 17.2 Å². The van der Waals surface area contributed by atoms with Gasteiger partial charge in [-0.1, -0.05) is 13.0 Å². The first kappa shape index (κ1) is 12.3. The van der Waals surface area contributed by atoms with Gasteiger partial charge in [0.25, 0.3) is 0 Å². The summed E-state index contributed by atoms with van der Waals surface area (Å²) in [6, 6.07) is 5.86. The predicted molar refractivity (Wildman–Crippen MR) is 71.3 cm³/mol. The van der Waals surface area contributed by atoms with Crippen molar-refractivity contribution in [3.8, 4) is 0 Å². The highest BCUT2D eigenvalue weighted by atomic mass is 15.3. The van der Waals surface area contributed by atoms with E-state index >= 15 is 0 Å². The number of hydrogen-bond donors (Lipinski definition) is 2. The molecule has 2 heterocycles. The number of aromatic nitrogens is 4. The Bertz CT molecular complexity index is 493. The molecule has 0 spiro atoms. The van der Waals surface area contributed by atoms with E-state index in [4.69, 9.17) is 0 Å². The first-order valence-electron chi connectivity index (χ1n) is 6.07. The maximum absolute atomic E-state index is 4.45. The Morgan fingerprint density at radius 3 is 2.67 bits per heavy atom. The van der Waals surface area contributed by atoms with Gasteiger partial charge in [-0.25, -0.2) is 9.97 Å². The van der Waals surface area contributed by atoms with Crippen LogP contribution in [0.5, 0.6) is 0 Å². The second kappa shape index (κ2) is 6.00. The molecule has 0 saturated carbocycles. The highest BCUT2D eigenvalue weighted by molar-refractivity contribution is 5.44. The summed E-state index contributed by atoms with van der Waals surface area (Å²) in [4.78, 5) is 8.60. The number of hydrogen-bond acceptors (Lipinski definition) is 5. The molecule has 0 atom stereocenters. The molecule has 2 aromatic rings. The SMILES string of the molecule is CCCNc1cccc(NCc2ncn(C)n2)n1. The third kappa shape index (κ3) is 3.44. The van der Waals surface area contributed by atoms with E-state index in [0.717, 1.165) is 30.4 Å². The molecule has 0 fully saturated rings. The molecule has 0 aromatic carbocycles. The summed E-state index contributed by atoms with van der Waals surface area (Å²) < 4.78 is 1.68. The largest absolute Gasteiger partial charge is 0.370 e. The third-order valence-electron chi connectivity index (χ3n) is 2.38. The lowest BCUT2D eigenvalue weighted by atomic mass is 10.4. The van der Waals surface area contributed by atoms with E-state index in [9.17, 15) is 0 Å². The van der Waals surface area contributed by atoms with Gasteiger partial charge in [-0.3, -0.25) is 4.68 Å². The van der Waals surface area contributed by atoms with E-state index in [0.29, 0.717) is 6.54 Å². The van der Waals surface area contributed by atoms with Crippen molar-refractivity contribution in [2.24, 2.45) is 7.05 Å². The van der Waals surface area contributed by atoms with Gasteiger partial charge in [-0.15, -0.1) is 0 Å². The second-order valence-corrected chi connectivity index (χ2v) is 4.02. The van der Waals surface area contributed by atoms with Gasteiger partial charge >= 0.3 is 0 Å². The average Bonchev–Trinajstić information content (AvgIpc) is 2.80. The first-order valence-corrected chi connectivity index (χ1v) is 6.07. The summed E-state index contributed by atoms with van der Waals surface area (Å²) in [5, 5.41) is 10.6. The Morgan fingerprint density at radius 2 is 2.00 bits per heavy atom.